The average molecular weight is 1050 g/mol. The molecule has 0 radical (unpaired) electrons. The summed E-state index contributed by atoms with van der Waals surface area (Å²) in [5.41, 5.74) is 16.8. The average Bonchev–Trinajstić information content (AvgIpc) is 4.18. The molecule has 1 aromatic heterocycles. The van der Waals surface area contributed by atoms with E-state index in [1.807, 2.05) is 0 Å². The summed E-state index contributed by atoms with van der Waals surface area (Å²) in [7, 11) is 0. The molecule has 1 heteroatoms. The Kier molecular flexibility index (Phi) is 11.6. The minimum absolute atomic E-state index is 0.914. The van der Waals surface area contributed by atoms with E-state index >= 15 is 0 Å². The van der Waals surface area contributed by atoms with Crippen molar-refractivity contribution >= 4 is 97.3 Å². The zero-order valence-electron chi connectivity index (χ0n) is 45.4. The maximum absolute atomic E-state index is 6.60. The second-order valence-corrected chi connectivity index (χ2v) is 21.8. The molecule has 0 saturated carbocycles. The minimum atomic E-state index is 0.914. The fourth-order valence-electron chi connectivity index (χ4n) is 13.3. The number of fused-ring (bicyclic) bond motifs is 11. The lowest BCUT2D eigenvalue weighted by Crippen LogP contribution is -1.91. The van der Waals surface area contributed by atoms with Crippen LogP contribution in [0.15, 0.2) is 320 Å². The molecule has 0 N–H and O–H groups in total. The van der Waals surface area contributed by atoms with Crippen LogP contribution < -0.4 is 0 Å². The summed E-state index contributed by atoms with van der Waals surface area (Å²) < 4.78 is 6.60. The van der Waals surface area contributed by atoms with Crippen LogP contribution in [0.5, 0.6) is 0 Å². The van der Waals surface area contributed by atoms with Crippen LogP contribution >= 0.6 is 0 Å². The summed E-state index contributed by atoms with van der Waals surface area (Å²) in [6, 6.07) is 114. The van der Waals surface area contributed by atoms with Crippen molar-refractivity contribution in [1.82, 2.24) is 0 Å². The van der Waals surface area contributed by atoms with Gasteiger partial charge in [-0.1, -0.05) is 279 Å². The quantitative estimate of drug-likeness (QED) is 0.151. The molecule has 0 aliphatic carbocycles. The molecule has 386 valence electrons. The summed E-state index contributed by atoms with van der Waals surface area (Å²) in [5.74, 6) is 0. The van der Waals surface area contributed by atoms with Gasteiger partial charge in [-0.05, 0) is 173 Å². The van der Waals surface area contributed by atoms with Crippen LogP contribution in [0.25, 0.3) is 164 Å². The van der Waals surface area contributed by atoms with Crippen LogP contribution in [0, 0.1) is 0 Å². The molecule has 83 heavy (non-hydrogen) atoms. The van der Waals surface area contributed by atoms with E-state index in [9.17, 15) is 0 Å². The Balaban J connectivity index is 0.000000137. The van der Waals surface area contributed by atoms with Crippen molar-refractivity contribution in [3.63, 3.8) is 0 Å². The highest BCUT2D eigenvalue weighted by Gasteiger charge is 2.22. The van der Waals surface area contributed by atoms with E-state index in [4.69, 9.17) is 4.42 Å². The van der Waals surface area contributed by atoms with Crippen molar-refractivity contribution in [3.05, 3.63) is 315 Å². The van der Waals surface area contributed by atoms with Gasteiger partial charge >= 0.3 is 0 Å². The van der Waals surface area contributed by atoms with Crippen LogP contribution in [0.1, 0.15) is 0 Å². The lowest BCUT2D eigenvalue weighted by molar-refractivity contribution is 0.673. The molecule has 0 amide bonds. The van der Waals surface area contributed by atoms with Crippen molar-refractivity contribution in [2.75, 3.05) is 0 Å². The molecule has 0 saturated heterocycles. The third-order valence-corrected chi connectivity index (χ3v) is 17.1. The Morgan fingerprint density at radius 3 is 1.06 bits per heavy atom. The van der Waals surface area contributed by atoms with Crippen LogP contribution in [0.3, 0.4) is 0 Å². The summed E-state index contributed by atoms with van der Waals surface area (Å²) in [5, 5.41) is 19.8. The monoisotopic (exact) mass is 1050 g/mol. The van der Waals surface area contributed by atoms with Crippen LogP contribution in [-0.2, 0) is 0 Å². The zero-order valence-corrected chi connectivity index (χ0v) is 45.4. The molecular formula is C82H52O. The SMILES string of the molecule is c1cc(-c2ccc3ccccc3c2)cc(-c2c3ccccc3c(-c3ccc4ccccc4c3)c3ccccc23)c1.c1ccc(-c2cccc(-c3c4ccccc4c(-c4cccc5oc6c7ccccc7ccc6c45)c4ccccc34)c2)cc1. The van der Waals surface area contributed by atoms with Gasteiger partial charge in [0.05, 0.1) is 0 Å². The Bertz CT molecular complexity index is 5280. The van der Waals surface area contributed by atoms with Crippen molar-refractivity contribution in [2.45, 2.75) is 0 Å². The number of benzene rings is 16. The van der Waals surface area contributed by atoms with E-state index in [1.165, 1.54) is 137 Å². The van der Waals surface area contributed by atoms with Crippen LogP contribution in [0.2, 0.25) is 0 Å². The summed E-state index contributed by atoms with van der Waals surface area (Å²) in [6.07, 6.45) is 0. The Morgan fingerprint density at radius 1 is 0.181 bits per heavy atom. The predicted octanol–water partition coefficient (Wildman–Crippen LogP) is 23.3. The van der Waals surface area contributed by atoms with E-state index in [0.717, 1.165) is 27.3 Å². The molecule has 16 aromatic carbocycles. The summed E-state index contributed by atoms with van der Waals surface area (Å²) in [6.45, 7) is 0. The maximum Gasteiger partial charge on any atom is 0.143 e. The Labute approximate surface area is 481 Å². The molecule has 0 bridgehead atoms. The van der Waals surface area contributed by atoms with E-state index in [0.29, 0.717) is 0 Å². The standard InChI is InChI=1S/C42H26O.C40H26/c1-2-12-27(13-3-1)29-15-10-16-30(26-29)39-32-18-6-8-20-34(32)40(35-21-9-7-19-33(35)39)36-22-11-23-38-41(36)37-25-24-28-14-4-5-17-31(28)42(37)43-38;1-3-12-29-24-32(22-20-27(29)10-1)31-14-9-15-33(26-31)39-35-16-5-7-18-37(35)40(38-19-8-6-17-36(38)39)34-23-21-28-11-2-4-13-30(28)25-34/h1-26H;1-26H. The van der Waals surface area contributed by atoms with Gasteiger partial charge in [0.25, 0.3) is 0 Å². The first-order valence-electron chi connectivity index (χ1n) is 28.6. The molecular weight excluding hydrogens is 1000 g/mol. The van der Waals surface area contributed by atoms with Crippen molar-refractivity contribution in [1.29, 1.82) is 0 Å². The molecule has 1 heterocycles. The third-order valence-electron chi connectivity index (χ3n) is 17.1. The zero-order chi connectivity index (χ0) is 54.8. The van der Waals surface area contributed by atoms with Gasteiger partial charge in [-0.15, -0.1) is 0 Å². The largest absolute Gasteiger partial charge is 0.455 e. The fourth-order valence-corrected chi connectivity index (χ4v) is 13.3. The Morgan fingerprint density at radius 2 is 0.530 bits per heavy atom. The van der Waals surface area contributed by atoms with Gasteiger partial charge in [0.1, 0.15) is 11.2 Å². The normalized spacial score (nSPS) is 11.6. The second kappa shape index (κ2) is 20.0. The first-order valence-corrected chi connectivity index (χ1v) is 28.6. The molecule has 0 unspecified atom stereocenters. The van der Waals surface area contributed by atoms with Crippen LogP contribution in [0.4, 0.5) is 0 Å². The molecule has 1 nitrogen and oxygen atoms in total. The van der Waals surface area contributed by atoms with E-state index in [2.05, 4.69) is 315 Å². The first-order chi connectivity index (χ1) is 41.2. The van der Waals surface area contributed by atoms with Crippen molar-refractivity contribution < 1.29 is 4.42 Å². The molecule has 0 aliphatic rings. The molecule has 0 atom stereocenters. The number of hydrogen-bond acceptors (Lipinski definition) is 1. The third kappa shape index (κ3) is 8.24. The minimum Gasteiger partial charge on any atom is -0.455 e. The van der Waals surface area contributed by atoms with Gasteiger partial charge in [0.15, 0.2) is 0 Å². The van der Waals surface area contributed by atoms with E-state index in [-0.39, 0.29) is 0 Å². The second-order valence-electron chi connectivity index (χ2n) is 21.8. The number of furan rings is 1. The van der Waals surface area contributed by atoms with Gasteiger partial charge in [0.2, 0.25) is 0 Å². The van der Waals surface area contributed by atoms with Crippen molar-refractivity contribution in [2.24, 2.45) is 0 Å². The maximum atomic E-state index is 6.60. The lowest BCUT2D eigenvalue weighted by Gasteiger charge is -2.18. The topological polar surface area (TPSA) is 13.1 Å². The highest BCUT2D eigenvalue weighted by molar-refractivity contribution is 6.27. The summed E-state index contributed by atoms with van der Waals surface area (Å²) >= 11 is 0. The van der Waals surface area contributed by atoms with Crippen LogP contribution in [-0.4, -0.2) is 0 Å². The molecule has 0 fully saturated rings. The van der Waals surface area contributed by atoms with E-state index < -0.39 is 0 Å². The van der Waals surface area contributed by atoms with Crippen molar-refractivity contribution in [3.8, 4) is 66.8 Å². The number of rotatable bonds is 6. The predicted molar refractivity (Wildman–Crippen MR) is 355 cm³/mol. The number of hydrogen-bond donors (Lipinski definition) is 0. The molecule has 17 aromatic rings. The van der Waals surface area contributed by atoms with Gasteiger partial charge in [0, 0.05) is 16.2 Å². The highest BCUT2D eigenvalue weighted by Crippen LogP contribution is 2.49. The van der Waals surface area contributed by atoms with Gasteiger partial charge in [-0.25, -0.2) is 0 Å². The molecule has 0 spiro atoms. The lowest BCUT2D eigenvalue weighted by atomic mass is 9.84. The van der Waals surface area contributed by atoms with Gasteiger partial charge in [-0.2, -0.15) is 0 Å². The van der Waals surface area contributed by atoms with Gasteiger partial charge in [-0.3, -0.25) is 0 Å². The molecule has 0 aliphatic heterocycles. The Hall–Kier alpha value is -10.9. The smallest absolute Gasteiger partial charge is 0.143 e. The fraction of sp³-hybridized carbons (Fsp3) is 0. The molecule has 17 rings (SSSR count). The van der Waals surface area contributed by atoms with Gasteiger partial charge < -0.3 is 4.42 Å². The highest BCUT2D eigenvalue weighted by atomic mass is 16.3. The van der Waals surface area contributed by atoms with E-state index in [1.54, 1.807) is 0 Å². The first kappa shape index (κ1) is 48.1. The summed E-state index contributed by atoms with van der Waals surface area (Å²) in [4.78, 5) is 0.